The molecule has 0 aliphatic heterocycles. The highest BCUT2D eigenvalue weighted by atomic mass is 16.3. The Morgan fingerprint density at radius 2 is 1.92 bits per heavy atom. The molecule has 1 rings (SSSR count). The molecule has 0 aliphatic rings. The Bertz CT molecular complexity index is 294. The second-order valence-corrected chi connectivity index (χ2v) is 2.07. The lowest BCUT2D eigenvalue weighted by Gasteiger charge is -1.98. The van der Waals surface area contributed by atoms with Gasteiger partial charge in [0.2, 0.25) is 0 Å². The summed E-state index contributed by atoms with van der Waals surface area (Å²) >= 11 is 0. The summed E-state index contributed by atoms with van der Waals surface area (Å²) in [4.78, 5) is 20.1. The quantitative estimate of drug-likeness (QED) is 0.492. The smallest absolute Gasteiger partial charge is 0.383 e. The summed E-state index contributed by atoms with van der Waals surface area (Å²) in [7, 11) is 0. The molecule has 0 spiro atoms. The van der Waals surface area contributed by atoms with Gasteiger partial charge < -0.3 is 10.4 Å². The van der Waals surface area contributed by atoms with E-state index in [-0.39, 0.29) is 5.75 Å². The van der Waals surface area contributed by atoms with Crippen molar-refractivity contribution in [3.63, 3.8) is 0 Å². The molecule has 1 aromatic rings. The van der Waals surface area contributed by atoms with E-state index in [0.717, 1.165) is 0 Å². The standard InChI is InChI=1S/C7H6N2O3/c10-6-3-1-5(2-4-6)8-7(11)9-12/h1-4,10H,(H,8,11). The third kappa shape index (κ3) is 2.05. The normalized spacial score (nSPS) is 9.00. The number of hydrogen-bond donors (Lipinski definition) is 2. The van der Waals surface area contributed by atoms with Crippen LogP contribution in [0.25, 0.3) is 0 Å². The highest BCUT2D eigenvalue weighted by Crippen LogP contribution is 2.13. The number of benzene rings is 1. The molecule has 0 aromatic heterocycles. The third-order valence-corrected chi connectivity index (χ3v) is 1.20. The van der Waals surface area contributed by atoms with Crippen LogP contribution in [0.2, 0.25) is 0 Å². The van der Waals surface area contributed by atoms with Crippen molar-refractivity contribution in [2.75, 3.05) is 5.32 Å². The fourth-order valence-electron chi connectivity index (χ4n) is 0.691. The number of aromatic hydroxyl groups is 1. The molecule has 5 heteroatoms. The first-order valence-electron chi connectivity index (χ1n) is 3.16. The molecule has 62 valence electrons. The van der Waals surface area contributed by atoms with Gasteiger partial charge in [-0.3, -0.25) is 0 Å². The number of nitrogens with one attached hydrogen (secondary N) is 1. The Morgan fingerprint density at radius 1 is 1.33 bits per heavy atom. The number of carbonyl (C=O) groups excluding carboxylic acids is 1. The highest BCUT2D eigenvalue weighted by molar-refractivity contribution is 5.89. The number of hydrogen-bond acceptors (Lipinski definition) is 3. The van der Waals surface area contributed by atoms with Crippen LogP contribution in [0.1, 0.15) is 0 Å². The molecule has 0 unspecified atom stereocenters. The van der Waals surface area contributed by atoms with Crippen molar-refractivity contribution < 1.29 is 9.90 Å². The van der Waals surface area contributed by atoms with Crippen molar-refractivity contribution in [1.82, 2.24) is 0 Å². The molecule has 0 saturated heterocycles. The molecule has 0 fully saturated rings. The fourth-order valence-corrected chi connectivity index (χ4v) is 0.691. The fraction of sp³-hybridized carbons (Fsp3) is 0. The van der Waals surface area contributed by atoms with Gasteiger partial charge in [-0.15, -0.1) is 4.91 Å². The lowest BCUT2D eigenvalue weighted by atomic mass is 10.3. The highest BCUT2D eigenvalue weighted by Gasteiger charge is 1.99. The van der Waals surface area contributed by atoms with Crippen molar-refractivity contribution >= 4 is 11.7 Å². The van der Waals surface area contributed by atoms with Crippen molar-refractivity contribution in [1.29, 1.82) is 0 Å². The zero-order valence-corrected chi connectivity index (χ0v) is 6.02. The molecule has 0 aliphatic carbocycles. The predicted molar refractivity (Wildman–Crippen MR) is 42.9 cm³/mol. The topological polar surface area (TPSA) is 78.8 Å². The summed E-state index contributed by atoms with van der Waals surface area (Å²) in [6, 6.07) is 4.73. The zero-order valence-electron chi connectivity index (χ0n) is 6.02. The van der Waals surface area contributed by atoms with Gasteiger partial charge in [0.25, 0.3) is 0 Å². The first kappa shape index (κ1) is 8.19. The molecule has 0 bridgehead atoms. The lowest BCUT2D eigenvalue weighted by molar-refractivity contribution is 0.259. The Kier molecular flexibility index (Phi) is 2.37. The molecule has 0 heterocycles. The number of urea groups is 1. The lowest BCUT2D eigenvalue weighted by Crippen LogP contribution is -2.04. The van der Waals surface area contributed by atoms with Gasteiger partial charge in [0.1, 0.15) is 5.75 Å². The minimum Gasteiger partial charge on any atom is -0.508 e. The number of phenolic OH excluding ortho intramolecular Hbond substituents is 1. The van der Waals surface area contributed by atoms with Gasteiger partial charge in [-0.1, -0.05) is 0 Å². The van der Waals surface area contributed by atoms with Crippen LogP contribution in [0.4, 0.5) is 10.5 Å². The van der Waals surface area contributed by atoms with Gasteiger partial charge in [0, 0.05) is 10.9 Å². The monoisotopic (exact) mass is 166 g/mol. The second-order valence-electron chi connectivity index (χ2n) is 2.07. The van der Waals surface area contributed by atoms with Crippen molar-refractivity contribution in [2.45, 2.75) is 0 Å². The van der Waals surface area contributed by atoms with Crippen LogP contribution in [0.15, 0.2) is 29.4 Å². The summed E-state index contributed by atoms with van der Waals surface area (Å²) in [6.45, 7) is 0. The van der Waals surface area contributed by atoms with Crippen LogP contribution >= 0.6 is 0 Å². The number of amides is 2. The van der Waals surface area contributed by atoms with E-state index in [1.54, 1.807) is 0 Å². The van der Waals surface area contributed by atoms with E-state index in [1.165, 1.54) is 24.3 Å². The van der Waals surface area contributed by atoms with E-state index >= 15 is 0 Å². The van der Waals surface area contributed by atoms with Crippen LogP contribution in [-0.4, -0.2) is 11.1 Å². The largest absolute Gasteiger partial charge is 0.508 e. The van der Waals surface area contributed by atoms with Crippen molar-refractivity contribution in [3.05, 3.63) is 29.2 Å². The number of nitrogens with zero attached hydrogens (tertiary/aromatic N) is 1. The second kappa shape index (κ2) is 3.47. The minimum absolute atomic E-state index is 0.0899. The molecular formula is C7H6N2O3. The SMILES string of the molecule is O=NC(=O)Nc1ccc(O)cc1. The Hall–Kier alpha value is -1.91. The Balaban J connectivity index is 2.71. The molecule has 1 aromatic carbocycles. The summed E-state index contributed by atoms with van der Waals surface area (Å²) in [5, 5.41) is 13.2. The number of anilines is 1. The molecule has 12 heavy (non-hydrogen) atoms. The Morgan fingerprint density at radius 3 is 2.42 bits per heavy atom. The van der Waals surface area contributed by atoms with Crippen LogP contribution in [0.5, 0.6) is 5.75 Å². The molecular weight excluding hydrogens is 160 g/mol. The summed E-state index contributed by atoms with van der Waals surface area (Å²) in [5.41, 5.74) is 0.414. The van der Waals surface area contributed by atoms with Gasteiger partial charge >= 0.3 is 6.03 Å². The maximum absolute atomic E-state index is 10.4. The van der Waals surface area contributed by atoms with E-state index in [1.807, 2.05) is 0 Å². The minimum atomic E-state index is -0.958. The molecule has 0 saturated carbocycles. The molecule has 0 radical (unpaired) electrons. The molecule has 2 N–H and O–H groups in total. The number of rotatable bonds is 1. The maximum atomic E-state index is 10.4. The van der Waals surface area contributed by atoms with Crippen molar-refractivity contribution in [3.8, 4) is 5.75 Å². The van der Waals surface area contributed by atoms with Crippen LogP contribution in [0, 0.1) is 4.91 Å². The predicted octanol–water partition coefficient (Wildman–Crippen LogP) is 1.69. The average Bonchev–Trinajstić information content (AvgIpc) is 2.09. The van der Waals surface area contributed by atoms with Gasteiger partial charge in [0.15, 0.2) is 0 Å². The maximum Gasteiger partial charge on any atom is 0.383 e. The summed E-state index contributed by atoms with van der Waals surface area (Å²) in [5.74, 6) is 0.0899. The number of phenols is 1. The third-order valence-electron chi connectivity index (χ3n) is 1.20. The van der Waals surface area contributed by atoms with E-state index in [2.05, 4.69) is 10.5 Å². The van der Waals surface area contributed by atoms with Gasteiger partial charge in [-0.05, 0) is 24.3 Å². The van der Waals surface area contributed by atoms with Gasteiger partial charge in [0.05, 0.1) is 0 Å². The van der Waals surface area contributed by atoms with E-state index in [4.69, 9.17) is 5.11 Å². The van der Waals surface area contributed by atoms with Gasteiger partial charge in [-0.2, -0.15) is 0 Å². The molecule has 0 atom stereocenters. The van der Waals surface area contributed by atoms with Gasteiger partial charge in [-0.25, -0.2) is 4.79 Å². The Labute approximate surface area is 68.0 Å². The first-order valence-corrected chi connectivity index (χ1v) is 3.16. The summed E-state index contributed by atoms with van der Waals surface area (Å²) < 4.78 is 0. The van der Waals surface area contributed by atoms with Crippen LogP contribution in [-0.2, 0) is 0 Å². The van der Waals surface area contributed by atoms with E-state index in [9.17, 15) is 9.70 Å². The number of carbonyl (C=O) groups is 1. The zero-order chi connectivity index (χ0) is 8.97. The first-order chi connectivity index (χ1) is 5.72. The van der Waals surface area contributed by atoms with E-state index < -0.39 is 6.03 Å². The average molecular weight is 166 g/mol. The molecule has 2 amide bonds. The van der Waals surface area contributed by atoms with E-state index in [0.29, 0.717) is 5.69 Å². The number of nitroso groups, excluding NO2 is 1. The molecule has 5 nitrogen and oxygen atoms in total. The van der Waals surface area contributed by atoms with Crippen LogP contribution in [0.3, 0.4) is 0 Å². The van der Waals surface area contributed by atoms with Crippen molar-refractivity contribution in [2.24, 2.45) is 5.18 Å². The summed E-state index contributed by atoms with van der Waals surface area (Å²) in [6.07, 6.45) is 0. The van der Waals surface area contributed by atoms with Crippen LogP contribution < -0.4 is 5.32 Å².